The molecule has 3 aromatic rings. The van der Waals surface area contributed by atoms with Crippen LogP contribution in [-0.2, 0) is 11.2 Å². The van der Waals surface area contributed by atoms with Crippen molar-refractivity contribution in [1.82, 2.24) is 24.4 Å². The monoisotopic (exact) mass is 449 g/mol. The Morgan fingerprint density at radius 3 is 2.55 bits per heavy atom. The fraction of sp³-hybridized carbons (Fsp3) is 0.440. The number of aryl methyl sites for hydroxylation is 3. The van der Waals surface area contributed by atoms with Crippen molar-refractivity contribution in [2.75, 3.05) is 33.3 Å². The molecule has 4 rings (SSSR count). The van der Waals surface area contributed by atoms with Crippen LogP contribution in [0.15, 0.2) is 30.3 Å². The maximum absolute atomic E-state index is 13.0. The van der Waals surface area contributed by atoms with E-state index in [1.807, 2.05) is 53.3 Å². The molecule has 2 amide bonds. The van der Waals surface area contributed by atoms with Crippen LogP contribution < -0.4 is 4.74 Å². The molecule has 8 nitrogen and oxygen atoms in total. The number of para-hydroxylation sites is 1. The molecule has 0 aliphatic carbocycles. The van der Waals surface area contributed by atoms with Crippen LogP contribution in [-0.4, -0.2) is 69.5 Å². The number of methoxy groups -OCH3 is 1. The molecular weight excluding hydrogens is 418 g/mol. The maximum Gasteiger partial charge on any atom is 0.257 e. The molecule has 0 saturated carbocycles. The second-order valence-corrected chi connectivity index (χ2v) is 8.54. The zero-order valence-electron chi connectivity index (χ0n) is 19.8. The highest BCUT2D eigenvalue weighted by Gasteiger charge is 2.24. The third-order valence-electron chi connectivity index (χ3n) is 6.35. The van der Waals surface area contributed by atoms with Crippen LogP contribution in [0, 0.1) is 20.8 Å². The van der Waals surface area contributed by atoms with Gasteiger partial charge in [0, 0.05) is 50.1 Å². The third kappa shape index (κ3) is 4.69. The topological polar surface area (TPSA) is 80.0 Å². The van der Waals surface area contributed by atoms with E-state index in [9.17, 15) is 9.59 Å². The van der Waals surface area contributed by atoms with E-state index < -0.39 is 0 Å². The molecule has 0 atom stereocenters. The Balaban J connectivity index is 1.39. The van der Waals surface area contributed by atoms with Gasteiger partial charge in [-0.25, -0.2) is 9.50 Å². The van der Waals surface area contributed by atoms with Crippen LogP contribution in [0.25, 0.3) is 5.65 Å². The first-order valence-electron chi connectivity index (χ1n) is 11.4. The number of amides is 2. The lowest BCUT2D eigenvalue weighted by Gasteiger charge is -2.23. The number of hydrogen-bond donors (Lipinski definition) is 0. The van der Waals surface area contributed by atoms with Gasteiger partial charge in [0.1, 0.15) is 5.75 Å². The number of carbonyl (C=O) groups is 2. The predicted octanol–water partition coefficient (Wildman–Crippen LogP) is 2.97. The smallest absolute Gasteiger partial charge is 0.257 e. The normalized spacial score (nSPS) is 14.4. The zero-order valence-corrected chi connectivity index (χ0v) is 19.8. The largest absolute Gasteiger partial charge is 0.496 e. The van der Waals surface area contributed by atoms with Gasteiger partial charge in [-0.3, -0.25) is 9.59 Å². The van der Waals surface area contributed by atoms with Crippen LogP contribution in [0.5, 0.6) is 5.75 Å². The van der Waals surface area contributed by atoms with E-state index in [0.29, 0.717) is 50.3 Å². The van der Waals surface area contributed by atoms with E-state index in [1.165, 1.54) is 0 Å². The number of rotatable bonds is 5. The molecule has 0 unspecified atom stereocenters. The molecule has 1 fully saturated rings. The summed E-state index contributed by atoms with van der Waals surface area (Å²) in [6.07, 6.45) is 1.79. The first kappa shape index (κ1) is 22.8. The van der Waals surface area contributed by atoms with Gasteiger partial charge in [0.25, 0.3) is 5.91 Å². The highest BCUT2D eigenvalue weighted by molar-refractivity contribution is 5.97. The summed E-state index contributed by atoms with van der Waals surface area (Å²) in [5.74, 6) is 0.627. The van der Waals surface area contributed by atoms with Gasteiger partial charge < -0.3 is 14.5 Å². The summed E-state index contributed by atoms with van der Waals surface area (Å²) in [5.41, 5.74) is 5.36. The molecule has 3 heterocycles. The van der Waals surface area contributed by atoms with Crippen LogP contribution in [0.3, 0.4) is 0 Å². The minimum absolute atomic E-state index is 0.0538. The Kier molecular flexibility index (Phi) is 6.62. The van der Waals surface area contributed by atoms with E-state index in [1.54, 1.807) is 19.2 Å². The Hall–Kier alpha value is -3.42. The van der Waals surface area contributed by atoms with Crippen molar-refractivity contribution in [2.24, 2.45) is 0 Å². The van der Waals surface area contributed by atoms with E-state index in [4.69, 9.17) is 4.74 Å². The lowest BCUT2D eigenvalue weighted by atomic mass is 10.1. The highest BCUT2D eigenvalue weighted by Crippen LogP contribution is 2.21. The van der Waals surface area contributed by atoms with E-state index in [0.717, 1.165) is 34.7 Å². The number of ether oxygens (including phenoxy) is 1. The summed E-state index contributed by atoms with van der Waals surface area (Å²) in [5, 5.41) is 4.52. The summed E-state index contributed by atoms with van der Waals surface area (Å²) in [6.45, 7) is 8.30. The first-order chi connectivity index (χ1) is 15.9. The van der Waals surface area contributed by atoms with Gasteiger partial charge in [0.2, 0.25) is 5.91 Å². The first-order valence-corrected chi connectivity index (χ1v) is 11.4. The molecule has 0 bridgehead atoms. The standard InChI is InChI=1S/C25H31N5O3/c1-17-16-23-26-18(2)20(19(3)30(23)27-17)10-11-24(31)28-12-7-13-29(15-14-28)25(32)21-8-5-6-9-22(21)33-4/h5-6,8-9,16H,7,10-15H2,1-4H3. The third-order valence-corrected chi connectivity index (χ3v) is 6.35. The van der Waals surface area contributed by atoms with Crippen LogP contribution >= 0.6 is 0 Å². The molecule has 174 valence electrons. The number of benzene rings is 1. The maximum atomic E-state index is 13.0. The molecule has 0 spiro atoms. The second kappa shape index (κ2) is 9.60. The van der Waals surface area contributed by atoms with Gasteiger partial charge in [-0.05, 0) is 51.3 Å². The minimum atomic E-state index is -0.0538. The zero-order chi connectivity index (χ0) is 23.5. The quantitative estimate of drug-likeness (QED) is 0.598. The number of nitrogens with zero attached hydrogens (tertiary/aromatic N) is 5. The van der Waals surface area contributed by atoms with E-state index in [-0.39, 0.29) is 11.8 Å². The summed E-state index contributed by atoms with van der Waals surface area (Å²) in [6, 6.07) is 9.23. The number of aromatic nitrogens is 3. The predicted molar refractivity (Wildman–Crippen MR) is 126 cm³/mol. The van der Waals surface area contributed by atoms with Gasteiger partial charge in [-0.1, -0.05) is 12.1 Å². The van der Waals surface area contributed by atoms with Crippen molar-refractivity contribution in [2.45, 2.75) is 40.0 Å². The van der Waals surface area contributed by atoms with E-state index in [2.05, 4.69) is 10.1 Å². The molecule has 2 aromatic heterocycles. The summed E-state index contributed by atoms with van der Waals surface area (Å²) < 4.78 is 7.20. The fourth-order valence-corrected chi connectivity index (χ4v) is 4.55. The van der Waals surface area contributed by atoms with Crippen molar-refractivity contribution >= 4 is 17.5 Å². The van der Waals surface area contributed by atoms with Crippen molar-refractivity contribution in [3.63, 3.8) is 0 Å². The van der Waals surface area contributed by atoms with Crippen LogP contribution in [0.2, 0.25) is 0 Å². The molecule has 0 radical (unpaired) electrons. The molecular formula is C25H31N5O3. The summed E-state index contributed by atoms with van der Waals surface area (Å²) in [4.78, 5) is 34.4. The molecule has 0 N–H and O–H groups in total. The molecule has 1 aromatic carbocycles. The Morgan fingerprint density at radius 1 is 1.03 bits per heavy atom. The average Bonchev–Trinajstić information content (AvgIpc) is 3.02. The fourth-order valence-electron chi connectivity index (χ4n) is 4.55. The van der Waals surface area contributed by atoms with Crippen molar-refractivity contribution < 1.29 is 14.3 Å². The number of hydrogen-bond acceptors (Lipinski definition) is 5. The van der Waals surface area contributed by atoms with Gasteiger partial charge in [-0.15, -0.1) is 0 Å². The van der Waals surface area contributed by atoms with Gasteiger partial charge in [0.15, 0.2) is 5.65 Å². The molecule has 1 aliphatic heterocycles. The van der Waals surface area contributed by atoms with Gasteiger partial charge in [0.05, 0.1) is 18.4 Å². The SMILES string of the molecule is COc1ccccc1C(=O)N1CCCN(C(=O)CCc2c(C)nc3cc(C)nn3c2C)CC1. The molecule has 1 saturated heterocycles. The summed E-state index contributed by atoms with van der Waals surface area (Å²) >= 11 is 0. The van der Waals surface area contributed by atoms with Gasteiger partial charge >= 0.3 is 0 Å². The van der Waals surface area contributed by atoms with Crippen LogP contribution in [0.4, 0.5) is 0 Å². The van der Waals surface area contributed by atoms with E-state index >= 15 is 0 Å². The van der Waals surface area contributed by atoms with Crippen LogP contribution in [0.1, 0.15) is 45.8 Å². The second-order valence-electron chi connectivity index (χ2n) is 8.54. The van der Waals surface area contributed by atoms with Crippen molar-refractivity contribution in [3.8, 4) is 5.75 Å². The Labute approximate surface area is 194 Å². The minimum Gasteiger partial charge on any atom is -0.496 e. The van der Waals surface area contributed by atoms with Crippen molar-refractivity contribution in [3.05, 3.63) is 58.5 Å². The summed E-state index contributed by atoms with van der Waals surface area (Å²) in [7, 11) is 1.57. The molecule has 8 heteroatoms. The average molecular weight is 450 g/mol. The lowest BCUT2D eigenvalue weighted by Crippen LogP contribution is -2.37. The van der Waals surface area contributed by atoms with Gasteiger partial charge in [-0.2, -0.15) is 5.10 Å². The van der Waals surface area contributed by atoms with Crippen molar-refractivity contribution in [1.29, 1.82) is 0 Å². The Morgan fingerprint density at radius 2 is 1.76 bits per heavy atom. The number of fused-ring (bicyclic) bond motifs is 1. The lowest BCUT2D eigenvalue weighted by molar-refractivity contribution is -0.131. The molecule has 1 aliphatic rings. The molecule has 33 heavy (non-hydrogen) atoms. The highest BCUT2D eigenvalue weighted by atomic mass is 16.5. The Bertz CT molecular complexity index is 1190. The number of carbonyl (C=O) groups excluding carboxylic acids is 2.